The third-order valence-electron chi connectivity index (χ3n) is 2.51. The molecule has 1 amide bonds. The van der Waals surface area contributed by atoms with Gasteiger partial charge in [0.15, 0.2) is 0 Å². The van der Waals surface area contributed by atoms with Crippen molar-refractivity contribution in [3.05, 3.63) is 0 Å². The lowest BCUT2D eigenvalue weighted by molar-refractivity contribution is 0.0288. The number of amides is 1. The molecule has 0 bridgehead atoms. The summed E-state index contributed by atoms with van der Waals surface area (Å²) in [6.45, 7) is 9.59. The molecule has 0 aromatic heterocycles. The molecule has 0 spiro atoms. The molecule has 1 unspecified atom stereocenters. The number of rotatable bonds is 1. The summed E-state index contributed by atoms with van der Waals surface area (Å²) in [5.74, 6) is 0.669. The normalized spacial score (nSPS) is 22.6. The van der Waals surface area contributed by atoms with E-state index in [0.717, 1.165) is 25.9 Å². The first-order chi connectivity index (χ1) is 6.42. The van der Waals surface area contributed by atoms with Gasteiger partial charge >= 0.3 is 6.09 Å². The van der Waals surface area contributed by atoms with E-state index in [2.05, 4.69) is 6.92 Å². The highest BCUT2D eigenvalue weighted by molar-refractivity contribution is 5.68. The number of likely N-dealkylation sites (tertiary alicyclic amines) is 1. The highest BCUT2D eigenvalue weighted by atomic mass is 16.6. The van der Waals surface area contributed by atoms with Gasteiger partial charge in [-0.05, 0) is 33.1 Å². The van der Waals surface area contributed by atoms with Crippen molar-refractivity contribution in [3.63, 3.8) is 0 Å². The average Bonchev–Trinajstić information content (AvgIpc) is 2.48. The third kappa shape index (κ3) is 3.20. The minimum Gasteiger partial charge on any atom is -0.444 e. The summed E-state index contributed by atoms with van der Waals surface area (Å²) in [4.78, 5) is 13.4. The number of carbonyl (C=O) groups excluding carboxylic acids is 1. The van der Waals surface area contributed by atoms with Gasteiger partial charge in [-0.3, -0.25) is 0 Å². The minimum absolute atomic E-state index is 0.159. The van der Waals surface area contributed by atoms with Gasteiger partial charge in [0.25, 0.3) is 0 Å². The van der Waals surface area contributed by atoms with Crippen molar-refractivity contribution in [1.29, 1.82) is 0 Å². The van der Waals surface area contributed by atoms with Crippen molar-refractivity contribution < 1.29 is 9.53 Å². The summed E-state index contributed by atoms with van der Waals surface area (Å²) < 4.78 is 5.30. The fourth-order valence-corrected chi connectivity index (χ4v) is 1.66. The molecule has 3 heteroatoms. The van der Waals surface area contributed by atoms with Crippen LogP contribution in [0.25, 0.3) is 0 Å². The predicted octanol–water partition coefficient (Wildman–Crippen LogP) is 2.65. The minimum atomic E-state index is -0.374. The molecule has 1 aliphatic rings. The van der Waals surface area contributed by atoms with Crippen LogP contribution in [0.3, 0.4) is 0 Å². The lowest BCUT2D eigenvalue weighted by Gasteiger charge is -2.24. The fraction of sp³-hybridized carbons (Fsp3) is 0.909. The van der Waals surface area contributed by atoms with E-state index >= 15 is 0 Å². The molecule has 1 rings (SSSR count). The largest absolute Gasteiger partial charge is 0.444 e. The van der Waals surface area contributed by atoms with Crippen molar-refractivity contribution in [3.8, 4) is 0 Å². The second kappa shape index (κ2) is 4.20. The number of nitrogens with zero attached hydrogens (tertiary/aromatic N) is 1. The molecule has 0 aromatic carbocycles. The number of hydrogen-bond acceptors (Lipinski definition) is 2. The van der Waals surface area contributed by atoms with E-state index < -0.39 is 0 Å². The molecule has 14 heavy (non-hydrogen) atoms. The van der Waals surface area contributed by atoms with E-state index in [1.165, 1.54) is 0 Å². The Labute approximate surface area is 86.4 Å². The topological polar surface area (TPSA) is 29.5 Å². The van der Waals surface area contributed by atoms with Gasteiger partial charge < -0.3 is 9.64 Å². The summed E-state index contributed by atoms with van der Waals surface area (Å²) in [5, 5.41) is 0. The molecule has 0 aliphatic carbocycles. The summed E-state index contributed by atoms with van der Waals surface area (Å²) in [7, 11) is 0. The Kier molecular flexibility index (Phi) is 3.40. The highest BCUT2D eigenvalue weighted by Crippen LogP contribution is 2.21. The van der Waals surface area contributed by atoms with E-state index in [-0.39, 0.29) is 11.7 Å². The van der Waals surface area contributed by atoms with Gasteiger partial charge in [-0.15, -0.1) is 0 Å². The first kappa shape index (κ1) is 11.3. The SMILES string of the molecule is CCC1CCN(C(=O)OC(C)(C)C)C1. The molecule has 1 atom stereocenters. The Morgan fingerprint density at radius 1 is 1.50 bits per heavy atom. The van der Waals surface area contributed by atoms with Gasteiger partial charge in [-0.25, -0.2) is 4.79 Å². The number of ether oxygens (including phenoxy) is 1. The monoisotopic (exact) mass is 199 g/mol. The molecule has 1 aliphatic heterocycles. The van der Waals surface area contributed by atoms with E-state index in [4.69, 9.17) is 4.74 Å². The van der Waals surface area contributed by atoms with Crippen molar-refractivity contribution in [1.82, 2.24) is 4.90 Å². The molecule has 1 saturated heterocycles. The molecule has 82 valence electrons. The molecule has 3 nitrogen and oxygen atoms in total. The van der Waals surface area contributed by atoms with Gasteiger partial charge in [0.2, 0.25) is 0 Å². The van der Waals surface area contributed by atoms with Crippen molar-refractivity contribution in [2.45, 2.75) is 46.1 Å². The van der Waals surface area contributed by atoms with Crippen LogP contribution in [-0.4, -0.2) is 29.7 Å². The number of carbonyl (C=O) groups is 1. The zero-order valence-corrected chi connectivity index (χ0v) is 9.67. The van der Waals surface area contributed by atoms with Crippen molar-refractivity contribution in [2.75, 3.05) is 13.1 Å². The molecule has 0 aromatic rings. The second-order valence-electron chi connectivity index (χ2n) is 4.99. The smallest absolute Gasteiger partial charge is 0.410 e. The van der Waals surface area contributed by atoms with Crippen molar-refractivity contribution >= 4 is 6.09 Å². The lowest BCUT2D eigenvalue weighted by atomic mass is 10.1. The maximum absolute atomic E-state index is 11.6. The van der Waals surface area contributed by atoms with Crippen molar-refractivity contribution in [2.24, 2.45) is 5.92 Å². The van der Waals surface area contributed by atoms with Gasteiger partial charge in [-0.1, -0.05) is 13.3 Å². The molecule has 1 fully saturated rings. The maximum atomic E-state index is 11.6. The van der Waals surface area contributed by atoms with Crippen LogP contribution < -0.4 is 0 Å². The van der Waals surface area contributed by atoms with Gasteiger partial charge in [0, 0.05) is 13.1 Å². The zero-order valence-electron chi connectivity index (χ0n) is 9.67. The average molecular weight is 199 g/mol. The van der Waals surface area contributed by atoms with E-state index in [0.29, 0.717) is 5.92 Å². The van der Waals surface area contributed by atoms with Crippen LogP contribution in [0.2, 0.25) is 0 Å². The van der Waals surface area contributed by atoms with Crippen LogP contribution in [0.1, 0.15) is 40.5 Å². The first-order valence-electron chi connectivity index (χ1n) is 5.40. The third-order valence-corrected chi connectivity index (χ3v) is 2.51. The van der Waals surface area contributed by atoms with Crippen LogP contribution >= 0.6 is 0 Å². The predicted molar refractivity (Wildman–Crippen MR) is 56.2 cm³/mol. The van der Waals surface area contributed by atoms with Crippen LogP contribution in [0, 0.1) is 5.92 Å². The Morgan fingerprint density at radius 2 is 2.14 bits per heavy atom. The zero-order chi connectivity index (χ0) is 10.8. The first-order valence-corrected chi connectivity index (χ1v) is 5.40. The van der Waals surface area contributed by atoms with Gasteiger partial charge in [0.05, 0.1) is 0 Å². The fourth-order valence-electron chi connectivity index (χ4n) is 1.66. The second-order valence-corrected chi connectivity index (χ2v) is 4.99. The molecule has 0 N–H and O–H groups in total. The quantitative estimate of drug-likeness (QED) is 0.649. The Hall–Kier alpha value is -0.730. The molecular weight excluding hydrogens is 178 g/mol. The molecule has 0 radical (unpaired) electrons. The van der Waals surface area contributed by atoms with E-state index in [1.807, 2.05) is 25.7 Å². The van der Waals surface area contributed by atoms with Crippen LogP contribution in [0.4, 0.5) is 4.79 Å². The van der Waals surface area contributed by atoms with Crippen LogP contribution in [-0.2, 0) is 4.74 Å². The van der Waals surface area contributed by atoms with Crippen LogP contribution in [0.5, 0.6) is 0 Å². The number of hydrogen-bond donors (Lipinski definition) is 0. The highest BCUT2D eigenvalue weighted by Gasteiger charge is 2.28. The Morgan fingerprint density at radius 3 is 2.57 bits per heavy atom. The summed E-state index contributed by atoms with van der Waals surface area (Å²) >= 11 is 0. The molecule has 0 saturated carbocycles. The summed E-state index contributed by atoms with van der Waals surface area (Å²) in [6, 6.07) is 0. The summed E-state index contributed by atoms with van der Waals surface area (Å²) in [6.07, 6.45) is 2.11. The lowest BCUT2D eigenvalue weighted by Crippen LogP contribution is -2.35. The van der Waals surface area contributed by atoms with E-state index in [1.54, 1.807) is 0 Å². The maximum Gasteiger partial charge on any atom is 0.410 e. The van der Waals surface area contributed by atoms with E-state index in [9.17, 15) is 4.79 Å². The molecule has 1 heterocycles. The Balaban J connectivity index is 2.40. The summed E-state index contributed by atoms with van der Waals surface area (Å²) in [5.41, 5.74) is -0.374. The molecular formula is C11H21NO2. The standard InChI is InChI=1S/C11H21NO2/c1-5-9-6-7-12(8-9)10(13)14-11(2,3)4/h9H,5-8H2,1-4H3. The van der Waals surface area contributed by atoms with Crippen LogP contribution in [0.15, 0.2) is 0 Å². The Bertz CT molecular complexity index is 208. The van der Waals surface area contributed by atoms with Gasteiger partial charge in [-0.2, -0.15) is 0 Å². The van der Waals surface area contributed by atoms with Gasteiger partial charge in [0.1, 0.15) is 5.60 Å².